The van der Waals surface area contributed by atoms with E-state index in [0.29, 0.717) is 6.04 Å². The number of rotatable bonds is 4. The maximum absolute atomic E-state index is 4.28. The Morgan fingerprint density at radius 1 is 1.39 bits per heavy atom. The van der Waals surface area contributed by atoms with Crippen LogP contribution in [0.25, 0.3) is 0 Å². The van der Waals surface area contributed by atoms with Crippen LogP contribution in [-0.4, -0.2) is 23.6 Å². The first-order valence-electron chi connectivity index (χ1n) is 6.88. The zero-order valence-corrected chi connectivity index (χ0v) is 12.0. The topological polar surface area (TPSA) is 28.2 Å². The van der Waals surface area contributed by atoms with Gasteiger partial charge in [-0.3, -0.25) is 4.98 Å². The van der Waals surface area contributed by atoms with Crippen molar-refractivity contribution in [3.05, 3.63) is 24.0 Å². The minimum Gasteiger partial charge on any atom is -0.370 e. The second-order valence-electron chi connectivity index (χ2n) is 6.30. The van der Waals surface area contributed by atoms with Crippen molar-refractivity contribution in [3.63, 3.8) is 0 Å². The van der Waals surface area contributed by atoms with E-state index in [1.54, 1.807) is 0 Å². The van der Waals surface area contributed by atoms with Crippen LogP contribution in [0, 0.1) is 0 Å². The van der Waals surface area contributed by atoms with Gasteiger partial charge in [-0.25, -0.2) is 0 Å². The van der Waals surface area contributed by atoms with E-state index in [1.807, 2.05) is 12.4 Å². The van der Waals surface area contributed by atoms with Gasteiger partial charge in [0.1, 0.15) is 0 Å². The molecule has 0 spiro atoms. The van der Waals surface area contributed by atoms with Gasteiger partial charge in [0.2, 0.25) is 0 Å². The van der Waals surface area contributed by atoms with E-state index in [-0.39, 0.29) is 5.54 Å². The third-order valence-electron chi connectivity index (χ3n) is 3.70. The minimum absolute atomic E-state index is 0.148. The summed E-state index contributed by atoms with van der Waals surface area (Å²) in [5, 5.41) is 3.55. The van der Waals surface area contributed by atoms with Crippen molar-refractivity contribution in [1.82, 2.24) is 10.3 Å². The number of nitrogens with one attached hydrogen (secondary N) is 1. The highest BCUT2D eigenvalue weighted by Gasteiger charge is 2.24. The van der Waals surface area contributed by atoms with Gasteiger partial charge >= 0.3 is 0 Å². The fraction of sp³-hybridized carbons (Fsp3) is 0.667. The number of aromatic nitrogens is 1. The molecule has 3 heteroatoms. The molecule has 1 aliphatic rings. The summed E-state index contributed by atoms with van der Waals surface area (Å²) in [6, 6.07) is 2.84. The van der Waals surface area contributed by atoms with E-state index in [0.717, 1.165) is 6.54 Å². The van der Waals surface area contributed by atoms with E-state index in [2.05, 4.69) is 49.1 Å². The van der Waals surface area contributed by atoms with Gasteiger partial charge < -0.3 is 10.2 Å². The molecule has 0 aromatic carbocycles. The van der Waals surface area contributed by atoms with Gasteiger partial charge in [-0.15, -0.1) is 0 Å². The average molecular weight is 247 g/mol. The third kappa shape index (κ3) is 3.22. The lowest BCUT2D eigenvalue weighted by Gasteiger charge is -2.37. The molecule has 1 fully saturated rings. The summed E-state index contributed by atoms with van der Waals surface area (Å²) in [4.78, 5) is 6.68. The standard InChI is InChI=1S/C15H25N3/c1-15(2,3)17-10-12-8-9-16-11-14(12)18(4)13-6-5-7-13/h8-9,11,13,17H,5-7,10H2,1-4H3. The van der Waals surface area contributed by atoms with Gasteiger partial charge in [-0.2, -0.15) is 0 Å². The molecule has 2 rings (SSSR count). The van der Waals surface area contributed by atoms with Crippen molar-refractivity contribution >= 4 is 5.69 Å². The molecular formula is C15H25N3. The zero-order chi connectivity index (χ0) is 13.2. The van der Waals surface area contributed by atoms with Crippen LogP contribution < -0.4 is 10.2 Å². The molecule has 0 aliphatic heterocycles. The summed E-state index contributed by atoms with van der Waals surface area (Å²) in [5.41, 5.74) is 2.77. The first-order valence-corrected chi connectivity index (χ1v) is 6.88. The molecule has 100 valence electrons. The molecule has 1 heterocycles. The molecule has 0 unspecified atom stereocenters. The smallest absolute Gasteiger partial charge is 0.0598 e. The van der Waals surface area contributed by atoms with Gasteiger partial charge in [-0.05, 0) is 51.7 Å². The molecule has 1 N–H and O–H groups in total. The number of anilines is 1. The molecule has 0 atom stereocenters. The summed E-state index contributed by atoms with van der Waals surface area (Å²) in [6.45, 7) is 7.49. The van der Waals surface area contributed by atoms with Crippen LogP contribution in [0.1, 0.15) is 45.6 Å². The molecule has 0 saturated heterocycles. The van der Waals surface area contributed by atoms with Crippen molar-refractivity contribution in [3.8, 4) is 0 Å². The van der Waals surface area contributed by atoms with Gasteiger partial charge in [-0.1, -0.05) is 0 Å². The second-order valence-corrected chi connectivity index (χ2v) is 6.30. The largest absolute Gasteiger partial charge is 0.370 e. The van der Waals surface area contributed by atoms with Gasteiger partial charge in [0.05, 0.1) is 11.9 Å². The van der Waals surface area contributed by atoms with E-state index < -0.39 is 0 Å². The van der Waals surface area contributed by atoms with Gasteiger partial charge in [0.15, 0.2) is 0 Å². The normalized spacial score (nSPS) is 16.4. The Labute approximate surface area is 111 Å². The third-order valence-corrected chi connectivity index (χ3v) is 3.70. The second kappa shape index (κ2) is 5.27. The molecule has 1 aromatic rings. The average Bonchev–Trinajstić information content (AvgIpc) is 2.23. The first kappa shape index (κ1) is 13.3. The van der Waals surface area contributed by atoms with Crippen LogP contribution in [0.4, 0.5) is 5.69 Å². The fourth-order valence-corrected chi connectivity index (χ4v) is 2.21. The van der Waals surface area contributed by atoms with Crippen LogP contribution >= 0.6 is 0 Å². The predicted molar refractivity (Wildman–Crippen MR) is 76.9 cm³/mol. The Bertz CT molecular complexity index is 391. The van der Waals surface area contributed by atoms with E-state index in [4.69, 9.17) is 0 Å². The van der Waals surface area contributed by atoms with Crippen LogP contribution in [0.3, 0.4) is 0 Å². The highest BCUT2D eigenvalue weighted by atomic mass is 15.2. The van der Waals surface area contributed by atoms with E-state index in [1.165, 1.54) is 30.5 Å². The van der Waals surface area contributed by atoms with Crippen molar-refractivity contribution in [1.29, 1.82) is 0 Å². The zero-order valence-electron chi connectivity index (χ0n) is 12.0. The molecule has 3 nitrogen and oxygen atoms in total. The Kier molecular flexibility index (Phi) is 3.91. The molecule has 0 amide bonds. The number of nitrogens with zero attached hydrogens (tertiary/aromatic N) is 2. The monoisotopic (exact) mass is 247 g/mol. The van der Waals surface area contributed by atoms with Gasteiger partial charge in [0.25, 0.3) is 0 Å². The van der Waals surface area contributed by atoms with Crippen molar-refractivity contribution in [2.75, 3.05) is 11.9 Å². The van der Waals surface area contributed by atoms with E-state index >= 15 is 0 Å². The molecular weight excluding hydrogens is 222 g/mol. The molecule has 0 bridgehead atoms. The molecule has 1 aliphatic carbocycles. The highest BCUT2D eigenvalue weighted by molar-refractivity contribution is 5.52. The Balaban J connectivity index is 2.09. The maximum atomic E-state index is 4.28. The number of hydrogen-bond acceptors (Lipinski definition) is 3. The van der Waals surface area contributed by atoms with Crippen LogP contribution in [0.5, 0.6) is 0 Å². The van der Waals surface area contributed by atoms with Crippen LogP contribution in [0.15, 0.2) is 18.5 Å². The van der Waals surface area contributed by atoms with Gasteiger partial charge in [0, 0.05) is 31.4 Å². The molecule has 1 aromatic heterocycles. The minimum atomic E-state index is 0.148. The van der Waals surface area contributed by atoms with Crippen LogP contribution in [0.2, 0.25) is 0 Å². The lowest BCUT2D eigenvalue weighted by Crippen LogP contribution is -2.39. The molecule has 1 saturated carbocycles. The fourth-order valence-electron chi connectivity index (χ4n) is 2.21. The molecule has 18 heavy (non-hydrogen) atoms. The lowest BCUT2D eigenvalue weighted by atomic mass is 9.91. The summed E-state index contributed by atoms with van der Waals surface area (Å²) >= 11 is 0. The van der Waals surface area contributed by atoms with E-state index in [9.17, 15) is 0 Å². The summed E-state index contributed by atoms with van der Waals surface area (Å²) < 4.78 is 0. The lowest BCUT2D eigenvalue weighted by molar-refractivity contribution is 0.398. The number of hydrogen-bond donors (Lipinski definition) is 1. The quantitative estimate of drug-likeness (QED) is 0.886. The first-order chi connectivity index (χ1) is 8.47. The maximum Gasteiger partial charge on any atom is 0.0598 e. The number of pyridine rings is 1. The highest BCUT2D eigenvalue weighted by Crippen LogP contribution is 2.29. The SMILES string of the molecule is CN(c1cnccc1CNC(C)(C)C)C1CCC1. The Morgan fingerprint density at radius 2 is 2.11 bits per heavy atom. The summed E-state index contributed by atoms with van der Waals surface area (Å²) in [5.74, 6) is 0. The molecule has 0 radical (unpaired) electrons. The Morgan fingerprint density at radius 3 is 2.67 bits per heavy atom. The summed E-state index contributed by atoms with van der Waals surface area (Å²) in [6.07, 6.45) is 7.88. The van der Waals surface area contributed by atoms with Crippen molar-refractivity contribution < 1.29 is 0 Å². The Hall–Kier alpha value is -1.09. The van der Waals surface area contributed by atoms with Crippen LogP contribution in [-0.2, 0) is 6.54 Å². The predicted octanol–water partition coefficient (Wildman–Crippen LogP) is 2.96. The van der Waals surface area contributed by atoms with Crippen molar-refractivity contribution in [2.24, 2.45) is 0 Å². The van der Waals surface area contributed by atoms with Crippen molar-refractivity contribution in [2.45, 2.75) is 58.2 Å². The summed E-state index contributed by atoms with van der Waals surface area (Å²) in [7, 11) is 2.20.